The predicted molar refractivity (Wildman–Crippen MR) is 106 cm³/mol. The molecule has 2 fully saturated rings. The second-order valence-electron chi connectivity index (χ2n) is 7.63. The van der Waals surface area contributed by atoms with Crippen LogP contribution in [-0.2, 0) is 19.1 Å². The molecule has 29 heavy (non-hydrogen) atoms. The van der Waals surface area contributed by atoms with Crippen LogP contribution in [0, 0.1) is 5.92 Å². The molecule has 2 saturated heterocycles. The summed E-state index contributed by atoms with van der Waals surface area (Å²) in [6.45, 7) is 3.54. The van der Waals surface area contributed by atoms with Crippen LogP contribution < -0.4 is 10.2 Å². The minimum Gasteiger partial charge on any atom is -0.454 e. The van der Waals surface area contributed by atoms with Gasteiger partial charge < -0.3 is 19.9 Å². The zero-order valence-electron chi connectivity index (χ0n) is 16.7. The highest BCUT2D eigenvalue weighted by Crippen LogP contribution is 2.21. The van der Waals surface area contributed by atoms with Crippen LogP contribution in [0.25, 0.3) is 0 Å². The highest BCUT2D eigenvalue weighted by atomic mass is 16.5. The fraction of sp³-hybridized carbons (Fsp3) is 0.524. The average Bonchev–Trinajstić information content (AvgIpc) is 3.16. The van der Waals surface area contributed by atoms with Gasteiger partial charge >= 0.3 is 5.97 Å². The van der Waals surface area contributed by atoms with Gasteiger partial charge in [0.2, 0.25) is 5.91 Å². The minimum atomic E-state index is -0.656. The fourth-order valence-corrected chi connectivity index (χ4v) is 3.67. The van der Waals surface area contributed by atoms with Crippen LogP contribution >= 0.6 is 0 Å². The number of hydrogen-bond donors (Lipinski definition) is 1. The number of piperidine rings is 1. The van der Waals surface area contributed by atoms with E-state index in [9.17, 15) is 19.2 Å². The Morgan fingerprint density at radius 3 is 2.55 bits per heavy atom. The van der Waals surface area contributed by atoms with E-state index in [1.165, 1.54) is 0 Å². The first-order chi connectivity index (χ1) is 13.9. The summed E-state index contributed by atoms with van der Waals surface area (Å²) in [6.07, 6.45) is 3.44. The third-order valence-electron chi connectivity index (χ3n) is 5.27. The molecule has 8 nitrogen and oxygen atoms in total. The standard InChI is InChI=1S/C21H27N3O5/c1-15-4-2-10-23(13-15)19(26)14-29-20(27)12-22-21(28)16-6-8-17(9-7-16)24-11-3-5-18(24)25/h6-9,15H,2-5,10-14H2,1H3,(H,22,28)/t15-/m0/s1. The number of esters is 1. The molecule has 1 N–H and O–H groups in total. The molecule has 0 aromatic heterocycles. The smallest absolute Gasteiger partial charge is 0.325 e. The lowest BCUT2D eigenvalue weighted by molar-refractivity contribution is -0.151. The summed E-state index contributed by atoms with van der Waals surface area (Å²) >= 11 is 0. The maximum atomic E-state index is 12.2. The van der Waals surface area contributed by atoms with E-state index in [1.807, 2.05) is 0 Å². The fourth-order valence-electron chi connectivity index (χ4n) is 3.67. The lowest BCUT2D eigenvalue weighted by Crippen LogP contribution is -2.42. The summed E-state index contributed by atoms with van der Waals surface area (Å²) in [5.74, 6) is -0.743. The predicted octanol–water partition coefficient (Wildman–Crippen LogP) is 1.34. The van der Waals surface area contributed by atoms with Gasteiger partial charge in [0.25, 0.3) is 11.8 Å². The van der Waals surface area contributed by atoms with Crippen molar-refractivity contribution in [2.75, 3.05) is 37.7 Å². The molecule has 0 radical (unpaired) electrons. The maximum Gasteiger partial charge on any atom is 0.325 e. The van der Waals surface area contributed by atoms with Gasteiger partial charge in [0.15, 0.2) is 6.61 Å². The van der Waals surface area contributed by atoms with Gasteiger partial charge in [-0.3, -0.25) is 19.2 Å². The van der Waals surface area contributed by atoms with E-state index in [2.05, 4.69) is 12.2 Å². The van der Waals surface area contributed by atoms with E-state index < -0.39 is 11.9 Å². The number of nitrogens with one attached hydrogen (secondary N) is 1. The van der Waals surface area contributed by atoms with Gasteiger partial charge in [-0.05, 0) is 49.4 Å². The Bertz CT molecular complexity index is 777. The van der Waals surface area contributed by atoms with Gasteiger partial charge in [-0.15, -0.1) is 0 Å². The summed E-state index contributed by atoms with van der Waals surface area (Å²) in [4.78, 5) is 51.3. The highest BCUT2D eigenvalue weighted by Gasteiger charge is 2.23. The van der Waals surface area contributed by atoms with E-state index in [0.29, 0.717) is 37.5 Å². The van der Waals surface area contributed by atoms with Crippen molar-refractivity contribution in [2.24, 2.45) is 5.92 Å². The Balaban J connectivity index is 1.41. The second kappa shape index (κ2) is 9.54. The molecule has 0 spiro atoms. The molecule has 1 aromatic carbocycles. The maximum absolute atomic E-state index is 12.2. The average molecular weight is 401 g/mol. The molecule has 3 rings (SSSR count). The topological polar surface area (TPSA) is 96.0 Å². The van der Waals surface area contributed by atoms with Crippen molar-refractivity contribution < 1.29 is 23.9 Å². The highest BCUT2D eigenvalue weighted by molar-refractivity contribution is 5.98. The van der Waals surface area contributed by atoms with Gasteiger partial charge in [0.1, 0.15) is 6.54 Å². The normalized spacial score (nSPS) is 19.2. The number of rotatable bonds is 6. The molecule has 8 heteroatoms. The van der Waals surface area contributed by atoms with Crippen LogP contribution in [0.5, 0.6) is 0 Å². The number of nitrogens with zero attached hydrogens (tertiary/aromatic N) is 2. The van der Waals surface area contributed by atoms with Crippen LogP contribution in [0.15, 0.2) is 24.3 Å². The van der Waals surface area contributed by atoms with E-state index >= 15 is 0 Å². The molecule has 2 heterocycles. The van der Waals surface area contributed by atoms with Crippen molar-refractivity contribution in [1.29, 1.82) is 0 Å². The van der Waals surface area contributed by atoms with E-state index in [-0.39, 0.29) is 25.0 Å². The molecule has 2 aliphatic heterocycles. The first-order valence-electron chi connectivity index (χ1n) is 10.1. The second-order valence-corrected chi connectivity index (χ2v) is 7.63. The van der Waals surface area contributed by atoms with Crippen LogP contribution in [0.2, 0.25) is 0 Å². The molecular formula is C21H27N3O5. The summed E-state index contributed by atoms with van der Waals surface area (Å²) < 4.78 is 4.99. The third kappa shape index (κ3) is 5.56. The monoisotopic (exact) mass is 401 g/mol. The minimum absolute atomic E-state index is 0.0819. The van der Waals surface area contributed by atoms with Crippen molar-refractivity contribution >= 4 is 29.4 Å². The first-order valence-corrected chi connectivity index (χ1v) is 10.1. The summed E-state index contributed by atoms with van der Waals surface area (Å²) in [5.41, 5.74) is 1.14. The molecule has 1 aromatic rings. The zero-order valence-corrected chi connectivity index (χ0v) is 16.7. The van der Waals surface area contributed by atoms with Crippen molar-refractivity contribution in [1.82, 2.24) is 10.2 Å². The van der Waals surface area contributed by atoms with E-state index in [1.54, 1.807) is 34.1 Å². The quantitative estimate of drug-likeness (QED) is 0.726. The molecule has 2 aliphatic rings. The van der Waals surface area contributed by atoms with Gasteiger partial charge in [-0.2, -0.15) is 0 Å². The molecule has 3 amide bonds. The summed E-state index contributed by atoms with van der Waals surface area (Å²) in [5, 5.41) is 2.49. The molecular weight excluding hydrogens is 374 g/mol. The lowest BCUT2D eigenvalue weighted by Gasteiger charge is -2.30. The van der Waals surface area contributed by atoms with Crippen LogP contribution in [0.4, 0.5) is 5.69 Å². The largest absolute Gasteiger partial charge is 0.454 e. The number of hydrogen-bond acceptors (Lipinski definition) is 5. The lowest BCUT2D eigenvalue weighted by atomic mass is 10.0. The summed E-state index contributed by atoms with van der Waals surface area (Å²) in [6, 6.07) is 6.66. The van der Waals surface area contributed by atoms with Crippen molar-refractivity contribution in [3.05, 3.63) is 29.8 Å². The van der Waals surface area contributed by atoms with E-state index in [4.69, 9.17) is 4.74 Å². The van der Waals surface area contributed by atoms with Crippen molar-refractivity contribution in [3.8, 4) is 0 Å². The Morgan fingerprint density at radius 2 is 1.90 bits per heavy atom. The number of benzene rings is 1. The third-order valence-corrected chi connectivity index (χ3v) is 5.27. The first kappa shape index (κ1) is 20.8. The van der Waals surface area contributed by atoms with Gasteiger partial charge in [-0.1, -0.05) is 6.92 Å². The zero-order chi connectivity index (χ0) is 20.8. The number of carbonyl (C=O) groups excluding carboxylic acids is 4. The Morgan fingerprint density at radius 1 is 1.14 bits per heavy atom. The van der Waals surface area contributed by atoms with Crippen molar-refractivity contribution in [2.45, 2.75) is 32.6 Å². The Kier molecular flexibility index (Phi) is 6.85. The number of amides is 3. The molecule has 0 unspecified atom stereocenters. The van der Waals surface area contributed by atoms with Gasteiger partial charge in [0.05, 0.1) is 0 Å². The van der Waals surface area contributed by atoms with Gasteiger partial charge in [-0.25, -0.2) is 0 Å². The summed E-state index contributed by atoms with van der Waals surface area (Å²) in [7, 11) is 0. The molecule has 0 saturated carbocycles. The molecule has 0 bridgehead atoms. The van der Waals surface area contributed by atoms with Crippen molar-refractivity contribution in [3.63, 3.8) is 0 Å². The number of anilines is 1. The van der Waals surface area contributed by atoms with Crippen LogP contribution in [-0.4, -0.2) is 61.4 Å². The van der Waals surface area contributed by atoms with Crippen LogP contribution in [0.1, 0.15) is 43.0 Å². The Labute approximate surface area is 170 Å². The SMILES string of the molecule is C[C@H]1CCCN(C(=O)COC(=O)CNC(=O)c2ccc(N3CCCC3=O)cc2)C1. The van der Waals surface area contributed by atoms with E-state index in [0.717, 1.165) is 24.9 Å². The number of likely N-dealkylation sites (tertiary alicyclic amines) is 1. The Hall–Kier alpha value is -2.90. The number of carbonyl (C=O) groups is 4. The molecule has 1 atom stereocenters. The van der Waals surface area contributed by atoms with Crippen LogP contribution in [0.3, 0.4) is 0 Å². The number of ether oxygens (including phenoxy) is 1. The molecule has 0 aliphatic carbocycles. The molecule has 156 valence electrons. The van der Waals surface area contributed by atoms with Gasteiger partial charge in [0, 0.05) is 37.3 Å².